The Morgan fingerprint density at radius 3 is 3.00 bits per heavy atom. The summed E-state index contributed by atoms with van der Waals surface area (Å²) in [6.45, 7) is 5.90. The van der Waals surface area contributed by atoms with E-state index in [1.54, 1.807) is 30.4 Å². The van der Waals surface area contributed by atoms with Gasteiger partial charge in [0.25, 0.3) is 5.91 Å². The number of amides is 1. The monoisotopic (exact) mass is 374 g/mol. The van der Waals surface area contributed by atoms with E-state index in [-0.39, 0.29) is 11.4 Å². The van der Waals surface area contributed by atoms with Gasteiger partial charge in [-0.3, -0.25) is 10.2 Å². The number of hydrogen-bond donors (Lipinski definition) is 1. The zero-order valence-electron chi connectivity index (χ0n) is 13.5. The van der Waals surface area contributed by atoms with Crippen molar-refractivity contribution in [2.75, 3.05) is 6.61 Å². The molecule has 2 aliphatic heterocycles. The Morgan fingerprint density at radius 1 is 1.48 bits per heavy atom. The van der Waals surface area contributed by atoms with E-state index in [2.05, 4.69) is 16.7 Å². The number of amidine groups is 2. The maximum Gasteiger partial charge on any atom is 0.283 e. The van der Waals surface area contributed by atoms with Crippen LogP contribution in [0.5, 0.6) is 5.75 Å². The lowest BCUT2D eigenvalue weighted by Gasteiger charge is -2.20. The van der Waals surface area contributed by atoms with Crippen molar-refractivity contribution in [1.82, 2.24) is 5.01 Å². The summed E-state index contributed by atoms with van der Waals surface area (Å²) in [5.41, 5.74) is 0.726. The fraction of sp³-hybridized carbons (Fsp3) is 0.176. The molecule has 0 radical (unpaired) electrons. The van der Waals surface area contributed by atoms with E-state index < -0.39 is 5.91 Å². The van der Waals surface area contributed by atoms with Crippen molar-refractivity contribution in [2.45, 2.75) is 13.3 Å². The zero-order chi connectivity index (χ0) is 18.0. The van der Waals surface area contributed by atoms with Crippen LogP contribution in [0.1, 0.15) is 18.9 Å². The van der Waals surface area contributed by atoms with Crippen molar-refractivity contribution in [2.24, 2.45) is 10.1 Å². The minimum atomic E-state index is -0.481. The van der Waals surface area contributed by atoms with Gasteiger partial charge in [0.1, 0.15) is 17.4 Å². The Labute approximate surface area is 154 Å². The van der Waals surface area contributed by atoms with Crippen LogP contribution < -0.4 is 4.74 Å². The fourth-order valence-electron chi connectivity index (χ4n) is 2.24. The molecule has 0 aromatic heterocycles. The molecular formula is C17H15ClN4O2S. The summed E-state index contributed by atoms with van der Waals surface area (Å²) in [6.07, 6.45) is 3.90. The number of ether oxygens (including phenoxy) is 1. The van der Waals surface area contributed by atoms with Gasteiger partial charge in [-0.05, 0) is 42.5 Å². The standard InChI is InChI=1S/C17H15ClN4O2S/c1-3-7-24-13-6-5-11(18)8-10(13)9-12-15(19)22-17(20-16(12)23)25-14(4-2)21-22/h3,5-6,8-9,19H,1,4,7H2,2H3. The number of fused-ring (bicyclic) bond motifs is 1. The molecule has 1 N–H and O–H groups in total. The lowest BCUT2D eigenvalue weighted by atomic mass is 10.1. The molecule has 1 aromatic rings. The number of nitrogens with zero attached hydrogens (tertiary/aromatic N) is 3. The van der Waals surface area contributed by atoms with Crippen LogP contribution >= 0.6 is 23.4 Å². The maximum absolute atomic E-state index is 12.4. The van der Waals surface area contributed by atoms with Crippen LogP contribution in [0, 0.1) is 5.41 Å². The molecule has 8 heteroatoms. The molecule has 1 amide bonds. The second-order valence-electron chi connectivity index (χ2n) is 5.15. The second-order valence-corrected chi connectivity index (χ2v) is 6.63. The number of rotatable bonds is 5. The van der Waals surface area contributed by atoms with Crippen molar-refractivity contribution in [3.63, 3.8) is 0 Å². The van der Waals surface area contributed by atoms with E-state index in [0.29, 0.717) is 34.5 Å². The van der Waals surface area contributed by atoms with Crippen molar-refractivity contribution < 1.29 is 9.53 Å². The molecule has 6 nitrogen and oxygen atoms in total. The Bertz CT molecular complexity index is 860. The summed E-state index contributed by atoms with van der Waals surface area (Å²) >= 11 is 7.37. The Morgan fingerprint density at radius 2 is 2.28 bits per heavy atom. The average Bonchev–Trinajstić information content (AvgIpc) is 3.01. The lowest BCUT2D eigenvalue weighted by molar-refractivity contribution is -0.114. The summed E-state index contributed by atoms with van der Waals surface area (Å²) in [6, 6.07) is 5.08. The van der Waals surface area contributed by atoms with Crippen molar-refractivity contribution in [3.8, 4) is 5.75 Å². The third-order valence-electron chi connectivity index (χ3n) is 3.43. The zero-order valence-corrected chi connectivity index (χ0v) is 15.0. The number of thioether (sulfide) groups is 1. The fourth-order valence-corrected chi connectivity index (χ4v) is 3.25. The summed E-state index contributed by atoms with van der Waals surface area (Å²) in [4.78, 5) is 16.4. The van der Waals surface area contributed by atoms with E-state index in [0.717, 1.165) is 5.04 Å². The maximum atomic E-state index is 12.4. The minimum absolute atomic E-state index is 0.0133. The molecule has 0 atom stereocenters. The van der Waals surface area contributed by atoms with Gasteiger partial charge in [0.15, 0.2) is 5.84 Å². The molecule has 0 unspecified atom stereocenters. The van der Waals surface area contributed by atoms with Gasteiger partial charge in [-0.25, -0.2) is 0 Å². The van der Waals surface area contributed by atoms with Gasteiger partial charge in [0, 0.05) is 10.6 Å². The highest BCUT2D eigenvalue weighted by Crippen LogP contribution is 2.31. The first-order valence-corrected chi connectivity index (χ1v) is 8.75. The number of carbonyl (C=O) groups excluding carboxylic acids is 1. The van der Waals surface area contributed by atoms with E-state index >= 15 is 0 Å². The second kappa shape index (κ2) is 7.25. The first kappa shape index (κ1) is 17.4. The van der Waals surface area contributed by atoms with Gasteiger partial charge in [-0.2, -0.15) is 15.1 Å². The number of hydrogen-bond acceptors (Lipinski definition) is 5. The van der Waals surface area contributed by atoms with Crippen LogP contribution in [0.15, 0.2) is 46.5 Å². The van der Waals surface area contributed by atoms with Crippen molar-refractivity contribution >= 4 is 51.4 Å². The highest BCUT2D eigenvalue weighted by atomic mass is 35.5. The van der Waals surface area contributed by atoms with Crippen LogP contribution in [0.25, 0.3) is 6.08 Å². The van der Waals surface area contributed by atoms with Gasteiger partial charge < -0.3 is 4.74 Å². The third-order valence-corrected chi connectivity index (χ3v) is 4.72. The quantitative estimate of drug-likeness (QED) is 0.625. The van der Waals surface area contributed by atoms with Gasteiger partial charge >= 0.3 is 0 Å². The molecule has 0 aliphatic carbocycles. The van der Waals surface area contributed by atoms with Crippen molar-refractivity contribution in [1.29, 1.82) is 5.41 Å². The predicted octanol–water partition coefficient (Wildman–Crippen LogP) is 3.93. The van der Waals surface area contributed by atoms with Crippen LogP contribution in [-0.2, 0) is 4.79 Å². The predicted molar refractivity (Wildman–Crippen MR) is 102 cm³/mol. The number of nitrogens with one attached hydrogen (secondary N) is 1. The molecule has 0 saturated carbocycles. The first-order valence-electron chi connectivity index (χ1n) is 7.55. The highest BCUT2D eigenvalue weighted by Gasteiger charge is 2.35. The average molecular weight is 375 g/mol. The molecule has 3 rings (SSSR count). The molecule has 128 valence electrons. The SMILES string of the molecule is C=CCOc1ccc(Cl)cc1C=C1C(=N)N2N=C(CC)SC2=NC1=O. The van der Waals surface area contributed by atoms with Gasteiger partial charge in [-0.1, -0.05) is 31.2 Å². The van der Waals surface area contributed by atoms with Gasteiger partial charge in [0.2, 0.25) is 5.17 Å². The van der Waals surface area contributed by atoms with Gasteiger partial charge in [0.05, 0.1) is 5.57 Å². The molecule has 0 saturated heterocycles. The molecule has 2 heterocycles. The van der Waals surface area contributed by atoms with E-state index in [9.17, 15) is 4.79 Å². The largest absolute Gasteiger partial charge is 0.489 e. The highest BCUT2D eigenvalue weighted by molar-refractivity contribution is 8.26. The van der Waals surface area contributed by atoms with Crippen molar-refractivity contribution in [3.05, 3.63) is 47.0 Å². The third kappa shape index (κ3) is 3.52. The smallest absolute Gasteiger partial charge is 0.283 e. The summed E-state index contributed by atoms with van der Waals surface area (Å²) in [5.74, 6) is 0.0484. The Kier molecular flexibility index (Phi) is 5.06. The number of aliphatic imine (C=N–C) groups is 1. The van der Waals surface area contributed by atoms with E-state index in [4.69, 9.17) is 21.7 Å². The number of halogens is 1. The number of hydrazone groups is 1. The Hall–Kier alpha value is -2.38. The molecule has 0 spiro atoms. The number of benzene rings is 1. The topological polar surface area (TPSA) is 78.1 Å². The van der Waals surface area contributed by atoms with Crippen LogP contribution in [0.3, 0.4) is 0 Å². The van der Waals surface area contributed by atoms with Crippen LogP contribution in [-0.4, -0.2) is 33.6 Å². The molecule has 25 heavy (non-hydrogen) atoms. The molecule has 1 aromatic carbocycles. The first-order chi connectivity index (χ1) is 12.0. The van der Waals surface area contributed by atoms with Crippen LogP contribution in [0.2, 0.25) is 5.02 Å². The summed E-state index contributed by atoms with van der Waals surface area (Å²) in [5, 5.41) is 15.8. The molecule has 2 aliphatic rings. The number of carbonyl (C=O) groups is 1. The van der Waals surface area contributed by atoms with E-state index in [1.165, 1.54) is 16.8 Å². The Balaban J connectivity index is 2.00. The minimum Gasteiger partial charge on any atom is -0.489 e. The van der Waals surface area contributed by atoms with E-state index in [1.807, 2.05) is 6.92 Å². The molecule has 0 bridgehead atoms. The van der Waals surface area contributed by atoms with Gasteiger partial charge in [-0.15, -0.1) is 0 Å². The summed E-state index contributed by atoms with van der Waals surface area (Å²) in [7, 11) is 0. The lowest BCUT2D eigenvalue weighted by Crippen LogP contribution is -2.35. The molecule has 0 fully saturated rings. The van der Waals surface area contributed by atoms with Crippen LogP contribution in [0.4, 0.5) is 0 Å². The summed E-state index contributed by atoms with van der Waals surface area (Å²) < 4.78 is 5.59. The molecular weight excluding hydrogens is 360 g/mol. The normalized spacial score (nSPS) is 18.2.